The van der Waals surface area contributed by atoms with E-state index in [2.05, 4.69) is 41.6 Å². The first-order valence-electron chi connectivity index (χ1n) is 4.67. The highest BCUT2D eigenvalue weighted by atomic mass is 79.9. The summed E-state index contributed by atoms with van der Waals surface area (Å²) in [5.74, 6) is 0. The fourth-order valence-electron chi connectivity index (χ4n) is 1.30. The van der Waals surface area contributed by atoms with Gasteiger partial charge in [-0.2, -0.15) is 10.2 Å². The average Bonchev–Trinajstić information content (AvgIpc) is 2.78. The third kappa shape index (κ3) is 2.13. The molecule has 0 radical (unpaired) electrons. The van der Waals surface area contributed by atoms with E-state index in [1.165, 1.54) is 0 Å². The summed E-state index contributed by atoms with van der Waals surface area (Å²) in [5.41, 5.74) is 1.40. The van der Waals surface area contributed by atoms with Crippen molar-refractivity contribution in [2.24, 2.45) is 0 Å². The molecule has 0 saturated heterocycles. The maximum absolute atomic E-state index is 11.3. The summed E-state index contributed by atoms with van der Waals surface area (Å²) >= 11 is 3.20. The number of aromatic nitrogens is 4. The number of nitrogens with one attached hydrogen (secondary N) is 3. The number of halogens is 1. The molecular weight excluding hydrogens is 274 g/mol. The Bertz CT molecular complexity index is 521. The van der Waals surface area contributed by atoms with Crippen LogP contribution < -0.4 is 10.9 Å². The fourth-order valence-corrected chi connectivity index (χ4v) is 1.60. The van der Waals surface area contributed by atoms with Crippen molar-refractivity contribution in [1.82, 2.24) is 20.4 Å². The predicted octanol–water partition coefficient (Wildman–Crippen LogP) is 1.43. The van der Waals surface area contributed by atoms with Gasteiger partial charge in [-0.05, 0) is 22.9 Å². The third-order valence-electron chi connectivity index (χ3n) is 2.19. The van der Waals surface area contributed by atoms with E-state index >= 15 is 0 Å². The molecule has 1 atom stereocenters. The Morgan fingerprint density at radius 3 is 2.94 bits per heavy atom. The van der Waals surface area contributed by atoms with Gasteiger partial charge in [0.25, 0.3) is 5.56 Å². The van der Waals surface area contributed by atoms with E-state index in [1.54, 1.807) is 18.6 Å². The number of hydrogen-bond donors (Lipinski definition) is 3. The van der Waals surface area contributed by atoms with Crippen LogP contribution in [0.5, 0.6) is 0 Å². The lowest BCUT2D eigenvalue weighted by Crippen LogP contribution is -2.14. The molecule has 0 aliphatic carbocycles. The van der Waals surface area contributed by atoms with Crippen LogP contribution in [0.3, 0.4) is 0 Å². The van der Waals surface area contributed by atoms with Crippen molar-refractivity contribution >= 4 is 21.6 Å². The monoisotopic (exact) mass is 283 g/mol. The number of hydrogen-bond acceptors (Lipinski definition) is 4. The molecule has 0 aromatic carbocycles. The van der Waals surface area contributed by atoms with E-state index in [0.29, 0.717) is 10.2 Å². The van der Waals surface area contributed by atoms with Crippen LogP contribution in [0.2, 0.25) is 0 Å². The Hall–Kier alpha value is -1.63. The Balaban J connectivity index is 2.21. The van der Waals surface area contributed by atoms with Crippen LogP contribution in [-0.2, 0) is 0 Å². The summed E-state index contributed by atoms with van der Waals surface area (Å²) in [7, 11) is 0. The number of nitrogens with zero attached hydrogens (tertiary/aromatic N) is 2. The number of rotatable bonds is 3. The molecule has 16 heavy (non-hydrogen) atoms. The van der Waals surface area contributed by atoms with E-state index in [1.807, 2.05) is 6.92 Å². The average molecular weight is 284 g/mol. The van der Waals surface area contributed by atoms with E-state index in [4.69, 9.17) is 0 Å². The minimum atomic E-state index is -0.260. The van der Waals surface area contributed by atoms with Gasteiger partial charge in [0.2, 0.25) is 0 Å². The number of H-pyrrole nitrogens is 2. The van der Waals surface area contributed by atoms with Gasteiger partial charge in [0, 0.05) is 11.8 Å². The minimum Gasteiger partial charge on any atom is -0.376 e. The zero-order chi connectivity index (χ0) is 11.5. The van der Waals surface area contributed by atoms with Crippen molar-refractivity contribution in [1.29, 1.82) is 0 Å². The lowest BCUT2D eigenvalue weighted by atomic mass is 10.2. The molecule has 2 aromatic heterocycles. The quantitative estimate of drug-likeness (QED) is 0.795. The van der Waals surface area contributed by atoms with Crippen molar-refractivity contribution < 1.29 is 0 Å². The molecule has 1 unspecified atom stereocenters. The summed E-state index contributed by atoms with van der Waals surface area (Å²) in [6, 6.07) is 0.0404. The number of aromatic amines is 2. The van der Waals surface area contributed by atoms with Gasteiger partial charge in [-0.15, -0.1) is 0 Å². The Morgan fingerprint density at radius 2 is 2.25 bits per heavy atom. The van der Waals surface area contributed by atoms with E-state index in [9.17, 15) is 4.79 Å². The minimum absolute atomic E-state index is 0.0404. The fraction of sp³-hybridized carbons (Fsp3) is 0.222. The molecule has 0 amide bonds. The lowest BCUT2D eigenvalue weighted by molar-refractivity contribution is 0.872. The Kier molecular flexibility index (Phi) is 3.04. The highest BCUT2D eigenvalue weighted by Crippen LogP contribution is 2.21. The molecule has 0 saturated carbocycles. The molecule has 7 heteroatoms. The second-order valence-electron chi connectivity index (χ2n) is 3.32. The first kappa shape index (κ1) is 10.9. The summed E-state index contributed by atoms with van der Waals surface area (Å²) < 4.78 is 0.442. The molecule has 2 rings (SSSR count). The van der Waals surface area contributed by atoms with Gasteiger partial charge < -0.3 is 5.32 Å². The van der Waals surface area contributed by atoms with Crippen LogP contribution in [0.15, 0.2) is 27.9 Å². The van der Waals surface area contributed by atoms with Crippen LogP contribution in [0, 0.1) is 0 Å². The first-order chi connectivity index (χ1) is 7.68. The normalized spacial score (nSPS) is 12.4. The maximum Gasteiger partial charge on any atom is 0.280 e. The number of anilines is 1. The van der Waals surface area contributed by atoms with Gasteiger partial charge in [0.05, 0.1) is 24.1 Å². The topological polar surface area (TPSA) is 86.5 Å². The predicted molar refractivity (Wildman–Crippen MR) is 63.2 cm³/mol. The molecule has 84 valence electrons. The van der Waals surface area contributed by atoms with Crippen molar-refractivity contribution in [2.75, 3.05) is 5.32 Å². The zero-order valence-electron chi connectivity index (χ0n) is 8.49. The van der Waals surface area contributed by atoms with E-state index < -0.39 is 0 Å². The lowest BCUT2D eigenvalue weighted by Gasteiger charge is -2.13. The zero-order valence-corrected chi connectivity index (χ0v) is 10.1. The van der Waals surface area contributed by atoms with Crippen molar-refractivity contribution in [3.05, 3.63) is 39.0 Å². The summed E-state index contributed by atoms with van der Waals surface area (Å²) in [5, 5.41) is 15.8. The molecule has 0 aliphatic heterocycles. The summed E-state index contributed by atoms with van der Waals surface area (Å²) in [6.07, 6.45) is 5.08. The molecule has 0 aliphatic rings. The molecule has 0 spiro atoms. The molecular formula is C9H10BrN5O. The van der Waals surface area contributed by atoms with E-state index in [0.717, 1.165) is 5.56 Å². The van der Waals surface area contributed by atoms with Gasteiger partial charge in [-0.25, -0.2) is 5.10 Å². The second-order valence-corrected chi connectivity index (χ2v) is 4.12. The van der Waals surface area contributed by atoms with Gasteiger partial charge >= 0.3 is 0 Å². The van der Waals surface area contributed by atoms with Crippen LogP contribution >= 0.6 is 15.9 Å². The molecule has 0 bridgehead atoms. The van der Waals surface area contributed by atoms with Crippen molar-refractivity contribution in [3.63, 3.8) is 0 Å². The van der Waals surface area contributed by atoms with Crippen molar-refractivity contribution in [3.8, 4) is 0 Å². The van der Waals surface area contributed by atoms with Gasteiger partial charge in [-0.1, -0.05) is 0 Å². The summed E-state index contributed by atoms with van der Waals surface area (Å²) in [6.45, 7) is 1.97. The van der Waals surface area contributed by atoms with E-state index in [-0.39, 0.29) is 11.6 Å². The van der Waals surface area contributed by atoms with Gasteiger partial charge in [0.15, 0.2) is 0 Å². The Labute approximate surface area is 99.6 Å². The molecule has 2 heterocycles. The van der Waals surface area contributed by atoms with Gasteiger partial charge in [-0.3, -0.25) is 9.89 Å². The van der Waals surface area contributed by atoms with Gasteiger partial charge in [0.1, 0.15) is 4.47 Å². The van der Waals surface area contributed by atoms with Crippen molar-refractivity contribution in [2.45, 2.75) is 13.0 Å². The van der Waals surface area contributed by atoms with Crippen LogP contribution in [0.1, 0.15) is 18.5 Å². The standard InChI is InChI=1S/C9H10BrN5O/c1-5(6-2-11-12-3-6)14-7-4-13-15-9(16)8(7)10/h2-5H,1H3,(H,11,12)(H2,14,15,16). The maximum atomic E-state index is 11.3. The SMILES string of the molecule is CC(Nc1cn[nH]c(=O)c1Br)c1cn[nH]c1. The van der Waals surface area contributed by atoms with Crippen LogP contribution in [0.4, 0.5) is 5.69 Å². The highest BCUT2D eigenvalue weighted by molar-refractivity contribution is 9.10. The third-order valence-corrected chi connectivity index (χ3v) is 2.97. The molecule has 2 aromatic rings. The smallest absolute Gasteiger partial charge is 0.280 e. The largest absolute Gasteiger partial charge is 0.376 e. The Morgan fingerprint density at radius 1 is 1.44 bits per heavy atom. The molecule has 3 N–H and O–H groups in total. The van der Waals surface area contributed by atoms with Crippen LogP contribution in [-0.4, -0.2) is 20.4 Å². The van der Waals surface area contributed by atoms with Crippen LogP contribution in [0.25, 0.3) is 0 Å². The first-order valence-corrected chi connectivity index (χ1v) is 5.46. The highest BCUT2D eigenvalue weighted by Gasteiger charge is 2.10. The second kappa shape index (κ2) is 4.48. The summed E-state index contributed by atoms with van der Waals surface area (Å²) in [4.78, 5) is 11.3. The molecule has 0 fully saturated rings. The molecule has 6 nitrogen and oxygen atoms in total.